The number of piperazine rings is 1. The molecule has 1 fully saturated rings. The molecular formula is C15H21FN4O4S. The average Bonchev–Trinajstić information content (AvgIpc) is 2.55. The predicted molar refractivity (Wildman–Crippen MR) is 88.8 cm³/mol. The minimum Gasteiger partial charge on any atom is -0.338 e. The number of sulfonamides is 1. The molecule has 10 heteroatoms. The summed E-state index contributed by atoms with van der Waals surface area (Å²) < 4.78 is 39.9. The number of nitrogens with one attached hydrogen (secondary N) is 2. The normalized spacial score (nSPS) is 16.4. The molecule has 1 heterocycles. The number of amides is 3. The lowest BCUT2D eigenvalue weighted by Gasteiger charge is -2.33. The van der Waals surface area contributed by atoms with Gasteiger partial charge in [0, 0.05) is 32.7 Å². The first kappa shape index (κ1) is 19.3. The van der Waals surface area contributed by atoms with Crippen molar-refractivity contribution in [2.75, 3.05) is 39.3 Å². The Hall–Kier alpha value is -2.04. The molecule has 0 bridgehead atoms. The highest BCUT2D eigenvalue weighted by Gasteiger charge is 2.30. The SMILES string of the molecule is CCNC(=O)NC(=O)CN1CCN(S(=O)(=O)c2ccccc2F)CC1. The smallest absolute Gasteiger partial charge is 0.321 e. The van der Waals surface area contributed by atoms with Crippen molar-refractivity contribution in [2.24, 2.45) is 0 Å². The molecule has 0 aromatic heterocycles. The molecule has 8 nitrogen and oxygen atoms in total. The van der Waals surface area contributed by atoms with Crippen molar-refractivity contribution in [2.45, 2.75) is 11.8 Å². The fraction of sp³-hybridized carbons (Fsp3) is 0.467. The summed E-state index contributed by atoms with van der Waals surface area (Å²) in [5.41, 5.74) is 0. The quantitative estimate of drug-likeness (QED) is 0.757. The van der Waals surface area contributed by atoms with Crippen LogP contribution in [0.4, 0.5) is 9.18 Å². The van der Waals surface area contributed by atoms with Gasteiger partial charge in [-0.25, -0.2) is 17.6 Å². The monoisotopic (exact) mass is 372 g/mol. The molecule has 2 N–H and O–H groups in total. The van der Waals surface area contributed by atoms with Crippen LogP contribution in [0.2, 0.25) is 0 Å². The summed E-state index contributed by atoms with van der Waals surface area (Å²) >= 11 is 0. The Morgan fingerprint density at radius 2 is 1.80 bits per heavy atom. The second kappa shape index (κ2) is 8.37. The zero-order valence-corrected chi connectivity index (χ0v) is 14.7. The summed E-state index contributed by atoms with van der Waals surface area (Å²) in [5, 5.41) is 4.64. The topological polar surface area (TPSA) is 98.8 Å². The molecule has 0 radical (unpaired) electrons. The van der Waals surface area contributed by atoms with Crippen molar-refractivity contribution in [1.82, 2.24) is 19.8 Å². The highest BCUT2D eigenvalue weighted by molar-refractivity contribution is 7.89. The number of carbonyl (C=O) groups excluding carboxylic acids is 2. The number of halogens is 1. The second-order valence-corrected chi connectivity index (χ2v) is 7.42. The lowest BCUT2D eigenvalue weighted by atomic mass is 10.3. The summed E-state index contributed by atoms with van der Waals surface area (Å²) in [7, 11) is -3.90. The zero-order valence-electron chi connectivity index (χ0n) is 13.9. The van der Waals surface area contributed by atoms with Gasteiger partial charge >= 0.3 is 6.03 Å². The van der Waals surface area contributed by atoms with E-state index in [0.29, 0.717) is 19.6 Å². The molecule has 1 aliphatic heterocycles. The number of hydrogen-bond donors (Lipinski definition) is 2. The number of hydrogen-bond acceptors (Lipinski definition) is 5. The van der Waals surface area contributed by atoms with Gasteiger partial charge in [0.05, 0.1) is 6.54 Å². The number of rotatable bonds is 5. The van der Waals surface area contributed by atoms with E-state index in [9.17, 15) is 22.4 Å². The van der Waals surface area contributed by atoms with Crippen molar-refractivity contribution < 1.29 is 22.4 Å². The van der Waals surface area contributed by atoms with E-state index >= 15 is 0 Å². The van der Waals surface area contributed by atoms with Crippen molar-refractivity contribution >= 4 is 22.0 Å². The van der Waals surface area contributed by atoms with Gasteiger partial charge in [-0.05, 0) is 19.1 Å². The minimum atomic E-state index is -3.90. The van der Waals surface area contributed by atoms with E-state index < -0.39 is 27.8 Å². The maximum Gasteiger partial charge on any atom is 0.321 e. The minimum absolute atomic E-state index is 0.00921. The van der Waals surface area contributed by atoms with Crippen LogP contribution in [0, 0.1) is 5.82 Å². The van der Waals surface area contributed by atoms with Crippen LogP contribution in [0.5, 0.6) is 0 Å². The van der Waals surface area contributed by atoms with Crippen LogP contribution >= 0.6 is 0 Å². The van der Waals surface area contributed by atoms with Gasteiger partial charge < -0.3 is 5.32 Å². The van der Waals surface area contributed by atoms with Crippen LogP contribution < -0.4 is 10.6 Å². The molecule has 0 unspecified atom stereocenters. The van der Waals surface area contributed by atoms with Gasteiger partial charge in [-0.3, -0.25) is 15.0 Å². The van der Waals surface area contributed by atoms with Gasteiger partial charge in [-0.15, -0.1) is 0 Å². The summed E-state index contributed by atoms with van der Waals surface area (Å²) in [5.74, 6) is -1.25. The van der Waals surface area contributed by atoms with Crippen LogP contribution in [0.3, 0.4) is 0 Å². The van der Waals surface area contributed by atoms with Gasteiger partial charge in [0.15, 0.2) is 0 Å². The van der Waals surface area contributed by atoms with Crippen molar-refractivity contribution in [3.05, 3.63) is 30.1 Å². The molecule has 1 aromatic rings. The molecule has 1 aromatic carbocycles. The Morgan fingerprint density at radius 3 is 2.40 bits per heavy atom. The Kier molecular flexibility index (Phi) is 6.45. The standard InChI is InChI=1S/C15H21FN4O4S/c1-2-17-15(22)18-14(21)11-19-7-9-20(10-8-19)25(23,24)13-6-4-3-5-12(13)16/h3-6H,2,7-11H2,1H3,(H2,17,18,21,22). The number of carbonyl (C=O) groups is 2. The molecule has 0 aliphatic carbocycles. The molecule has 0 spiro atoms. The lowest BCUT2D eigenvalue weighted by Crippen LogP contribution is -2.52. The maximum atomic E-state index is 13.8. The van der Waals surface area contributed by atoms with E-state index in [-0.39, 0.29) is 24.5 Å². The van der Waals surface area contributed by atoms with Crippen molar-refractivity contribution in [3.8, 4) is 0 Å². The van der Waals surface area contributed by atoms with Crippen LogP contribution in [-0.2, 0) is 14.8 Å². The van der Waals surface area contributed by atoms with Crippen molar-refractivity contribution in [3.63, 3.8) is 0 Å². The highest BCUT2D eigenvalue weighted by Crippen LogP contribution is 2.20. The molecule has 1 saturated heterocycles. The summed E-state index contributed by atoms with van der Waals surface area (Å²) in [6.45, 7) is 3.05. The summed E-state index contributed by atoms with van der Waals surface area (Å²) in [6.07, 6.45) is 0. The molecule has 0 atom stereocenters. The number of urea groups is 1. The van der Waals surface area contributed by atoms with E-state index in [1.807, 2.05) is 0 Å². The molecule has 2 rings (SSSR count). The Bertz CT molecular complexity index is 733. The number of imide groups is 1. The Morgan fingerprint density at radius 1 is 1.16 bits per heavy atom. The van der Waals surface area contributed by atoms with E-state index in [4.69, 9.17) is 0 Å². The molecule has 25 heavy (non-hydrogen) atoms. The van der Waals surface area contributed by atoms with Gasteiger partial charge in [0.2, 0.25) is 15.9 Å². The predicted octanol–water partition coefficient (Wildman–Crippen LogP) is -0.0223. The number of benzene rings is 1. The van der Waals surface area contributed by atoms with Gasteiger partial charge in [0.1, 0.15) is 10.7 Å². The fourth-order valence-corrected chi connectivity index (χ4v) is 3.98. The first-order chi connectivity index (χ1) is 11.8. The number of nitrogens with zero attached hydrogens (tertiary/aromatic N) is 2. The van der Waals surface area contributed by atoms with Crippen LogP contribution in [-0.4, -0.2) is 68.8 Å². The Balaban J connectivity index is 1.90. The van der Waals surface area contributed by atoms with Crippen LogP contribution in [0.1, 0.15) is 6.92 Å². The van der Waals surface area contributed by atoms with Gasteiger partial charge in [-0.2, -0.15) is 4.31 Å². The van der Waals surface area contributed by atoms with Gasteiger partial charge in [-0.1, -0.05) is 12.1 Å². The molecule has 1 aliphatic rings. The van der Waals surface area contributed by atoms with E-state index in [2.05, 4.69) is 10.6 Å². The molecule has 3 amide bonds. The second-order valence-electron chi connectivity index (χ2n) is 5.52. The van der Waals surface area contributed by atoms with E-state index in [1.165, 1.54) is 22.5 Å². The first-order valence-corrected chi connectivity index (χ1v) is 9.33. The maximum absolute atomic E-state index is 13.8. The van der Waals surface area contributed by atoms with E-state index in [1.54, 1.807) is 11.8 Å². The third-order valence-corrected chi connectivity index (χ3v) is 5.68. The molecular weight excluding hydrogens is 351 g/mol. The lowest BCUT2D eigenvalue weighted by molar-refractivity contribution is -0.121. The van der Waals surface area contributed by atoms with Crippen LogP contribution in [0.25, 0.3) is 0 Å². The van der Waals surface area contributed by atoms with Crippen LogP contribution in [0.15, 0.2) is 29.2 Å². The summed E-state index contributed by atoms with van der Waals surface area (Å²) in [6, 6.07) is 4.68. The third-order valence-electron chi connectivity index (χ3n) is 3.74. The summed E-state index contributed by atoms with van der Waals surface area (Å²) in [4.78, 5) is 24.4. The average molecular weight is 372 g/mol. The highest BCUT2D eigenvalue weighted by atomic mass is 32.2. The zero-order chi connectivity index (χ0) is 18.4. The third kappa shape index (κ3) is 4.97. The Labute approximate surface area is 146 Å². The first-order valence-electron chi connectivity index (χ1n) is 7.89. The largest absolute Gasteiger partial charge is 0.338 e. The fourth-order valence-electron chi connectivity index (χ4n) is 2.50. The molecule has 0 saturated carbocycles. The van der Waals surface area contributed by atoms with Gasteiger partial charge in [0.25, 0.3) is 0 Å². The molecule has 138 valence electrons. The van der Waals surface area contributed by atoms with Crippen molar-refractivity contribution in [1.29, 1.82) is 0 Å². The van der Waals surface area contributed by atoms with E-state index in [0.717, 1.165) is 6.07 Å².